The second-order valence-electron chi connectivity index (χ2n) is 8.22. The van der Waals surface area contributed by atoms with Crippen molar-refractivity contribution < 1.29 is 28.9 Å². The first kappa shape index (κ1) is 23.2. The normalized spacial score (nSPS) is 22.2. The van der Waals surface area contributed by atoms with E-state index in [2.05, 4.69) is 19.8 Å². The van der Waals surface area contributed by atoms with Crippen LogP contribution in [0.1, 0.15) is 25.1 Å². The van der Waals surface area contributed by atoms with Gasteiger partial charge in [0.25, 0.3) is 11.8 Å². The molecule has 0 unspecified atom stereocenters. The topological polar surface area (TPSA) is 164 Å². The lowest BCUT2D eigenvalue weighted by molar-refractivity contribution is -0.689. The molecule has 12 nitrogen and oxygen atoms in total. The van der Waals surface area contributed by atoms with Gasteiger partial charge in [-0.3, -0.25) is 14.5 Å². The Kier molecular flexibility index (Phi) is 6.38. The van der Waals surface area contributed by atoms with Crippen LogP contribution in [-0.2, 0) is 25.8 Å². The number of thioether (sulfide) groups is 1. The fraction of sp³-hybridized carbons (Fsp3) is 0.381. The molecular formula is C21H22N7O5S2+. The first-order valence-corrected chi connectivity index (χ1v) is 12.7. The Hall–Kier alpha value is -3.52. The fourth-order valence-electron chi connectivity index (χ4n) is 3.89. The predicted octanol–water partition coefficient (Wildman–Crippen LogP) is 0.120. The highest BCUT2D eigenvalue weighted by Gasteiger charge is 2.54. The Morgan fingerprint density at radius 1 is 1.31 bits per heavy atom. The molecule has 2 aromatic heterocycles. The van der Waals surface area contributed by atoms with Gasteiger partial charge < -0.3 is 21.0 Å². The SMILES string of the molecule is Nc1nc(C(=NOC2CCC2)C(=O)N[C@@H]2C(=O)N3C(C(=O)O)=C(C[n+]4ccccc4)CS[C@@H]23)ns1. The largest absolute Gasteiger partial charge is 0.477 e. The number of carboxylic acid groups (broad SMARTS) is 1. The molecule has 1 aliphatic carbocycles. The lowest BCUT2D eigenvalue weighted by Crippen LogP contribution is -2.71. The van der Waals surface area contributed by atoms with Gasteiger partial charge in [0.1, 0.15) is 23.2 Å². The number of hydrogen-bond acceptors (Lipinski definition) is 10. The molecule has 2 aliphatic heterocycles. The average molecular weight is 517 g/mol. The van der Waals surface area contributed by atoms with Crippen molar-refractivity contribution in [3.63, 3.8) is 0 Å². The van der Waals surface area contributed by atoms with Crippen molar-refractivity contribution in [3.8, 4) is 0 Å². The van der Waals surface area contributed by atoms with Crippen molar-refractivity contribution in [3.05, 3.63) is 47.7 Å². The van der Waals surface area contributed by atoms with Gasteiger partial charge in [-0.15, -0.1) is 11.8 Å². The standard InChI is InChI=1S/C21H21N7O5S2/c22-21-24-16(26-35-21)13(25-33-12-5-4-6-12)17(29)23-14-18(30)28-15(20(31)32)11(10-34-19(14)28)9-27-7-2-1-3-8-27/h1-3,7-8,12,14,19H,4-6,9-10H2,(H3-,22,23,24,26,29,31,32)/p+1/t14-,19+/m1/s1. The quantitative estimate of drug-likeness (QED) is 0.191. The molecule has 1 saturated carbocycles. The first-order valence-electron chi connectivity index (χ1n) is 10.9. The number of carboxylic acids is 1. The van der Waals surface area contributed by atoms with Crippen molar-refractivity contribution in [2.75, 3.05) is 11.5 Å². The number of oxime groups is 1. The minimum absolute atomic E-state index is 0.0116. The molecule has 14 heteroatoms. The number of nitrogens with one attached hydrogen (secondary N) is 1. The zero-order chi connectivity index (χ0) is 24.5. The van der Waals surface area contributed by atoms with Crippen molar-refractivity contribution >= 4 is 51.9 Å². The monoisotopic (exact) mass is 516 g/mol. The number of amides is 2. The maximum absolute atomic E-state index is 13.1. The van der Waals surface area contributed by atoms with Crippen molar-refractivity contribution in [1.82, 2.24) is 19.6 Å². The molecule has 4 heterocycles. The number of pyridine rings is 1. The summed E-state index contributed by atoms with van der Waals surface area (Å²) in [6, 6.07) is 4.64. The number of nitrogen functional groups attached to an aromatic ring is 1. The van der Waals surface area contributed by atoms with Crippen molar-refractivity contribution in [2.45, 2.75) is 43.3 Å². The number of fused-ring (bicyclic) bond motifs is 1. The van der Waals surface area contributed by atoms with Crippen LogP contribution in [0.4, 0.5) is 5.13 Å². The molecule has 4 N–H and O–H groups in total. The second kappa shape index (κ2) is 9.62. The molecule has 0 bridgehead atoms. The summed E-state index contributed by atoms with van der Waals surface area (Å²) in [6.07, 6.45) is 6.29. The Morgan fingerprint density at radius 2 is 2.09 bits per heavy atom. The van der Waals surface area contributed by atoms with Gasteiger partial charge in [0.2, 0.25) is 11.5 Å². The summed E-state index contributed by atoms with van der Waals surface area (Å²) in [5.74, 6) is -1.96. The Balaban J connectivity index is 1.33. The molecule has 0 spiro atoms. The number of aromatic nitrogens is 3. The Labute approximate surface area is 208 Å². The number of β-lactam (4-membered cyclic amide) rings is 1. The molecule has 0 aromatic carbocycles. The van der Waals surface area contributed by atoms with E-state index in [-0.39, 0.29) is 28.5 Å². The molecule has 0 radical (unpaired) electrons. The summed E-state index contributed by atoms with van der Waals surface area (Å²) < 4.78 is 5.89. The van der Waals surface area contributed by atoms with Gasteiger partial charge in [0, 0.05) is 35.0 Å². The van der Waals surface area contributed by atoms with E-state index in [4.69, 9.17) is 10.6 Å². The smallest absolute Gasteiger partial charge is 0.352 e. The molecule has 35 heavy (non-hydrogen) atoms. The molecule has 182 valence electrons. The van der Waals surface area contributed by atoms with E-state index in [9.17, 15) is 19.5 Å². The van der Waals surface area contributed by atoms with Gasteiger partial charge >= 0.3 is 5.97 Å². The van der Waals surface area contributed by atoms with E-state index in [1.807, 2.05) is 35.2 Å². The van der Waals surface area contributed by atoms with Crippen molar-refractivity contribution in [1.29, 1.82) is 0 Å². The summed E-state index contributed by atoms with van der Waals surface area (Å²) in [6.45, 7) is 0.342. The predicted molar refractivity (Wildman–Crippen MR) is 126 cm³/mol. The second-order valence-corrected chi connectivity index (χ2v) is 10.1. The third kappa shape index (κ3) is 4.58. The van der Waals surface area contributed by atoms with E-state index in [1.54, 1.807) is 0 Å². The Bertz CT molecular complexity index is 1230. The van der Waals surface area contributed by atoms with E-state index in [0.29, 0.717) is 17.9 Å². The third-order valence-electron chi connectivity index (χ3n) is 5.90. The van der Waals surface area contributed by atoms with Gasteiger partial charge in [-0.1, -0.05) is 11.2 Å². The van der Waals surface area contributed by atoms with E-state index in [1.165, 1.54) is 16.7 Å². The van der Waals surface area contributed by atoms with E-state index in [0.717, 1.165) is 30.8 Å². The summed E-state index contributed by atoms with van der Waals surface area (Å²) in [4.78, 5) is 48.8. The lowest BCUT2D eigenvalue weighted by atomic mass is 9.97. The highest BCUT2D eigenvalue weighted by atomic mass is 32.2. The minimum atomic E-state index is -1.18. The summed E-state index contributed by atoms with van der Waals surface area (Å²) in [5.41, 5.74) is 6.06. The third-order valence-corrected chi connectivity index (χ3v) is 7.78. The van der Waals surface area contributed by atoms with Crippen LogP contribution in [0.5, 0.6) is 0 Å². The number of aliphatic carboxylic acids is 1. The van der Waals surface area contributed by atoms with E-state index < -0.39 is 29.2 Å². The van der Waals surface area contributed by atoms with Crippen LogP contribution in [-0.4, -0.2) is 66.1 Å². The van der Waals surface area contributed by atoms with Gasteiger partial charge in [-0.25, -0.2) is 9.36 Å². The number of anilines is 1. The minimum Gasteiger partial charge on any atom is -0.477 e. The van der Waals surface area contributed by atoms with Crippen LogP contribution in [0.25, 0.3) is 0 Å². The van der Waals surface area contributed by atoms with Crippen LogP contribution in [0.2, 0.25) is 0 Å². The van der Waals surface area contributed by atoms with Crippen molar-refractivity contribution in [2.24, 2.45) is 5.16 Å². The highest BCUT2D eigenvalue weighted by Crippen LogP contribution is 2.40. The highest BCUT2D eigenvalue weighted by molar-refractivity contribution is 8.00. The van der Waals surface area contributed by atoms with Gasteiger partial charge in [0.05, 0.1) is 0 Å². The number of carbonyl (C=O) groups is 3. The zero-order valence-corrected chi connectivity index (χ0v) is 20.0. The molecule has 2 atom stereocenters. The first-order chi connectivity index (χ1) is 16.9. The van der Waals surface area contributed by atoms with E-state index >= 15 is 0 Å². The molecule has 5 rings (SSSR count). The Morgan fingerprint density at radius 3 is 2.71 bits per heavy atom. The number of hydrogen-bond donors (Lipinski definition) is 3. The number of rotatable bonds is 8. The van der Waals surface area contributed by atoms with Crippen LogP contribution in [0, 0.1) is 0 Å². The maximum Gasteiger partial charge on any atom is 0.352 e. The molecular weight excluding hydrogens is 494 g/mol. The molecule has 2 aromatic rings. The molecule has 1 saturated heterocycles. The van der Waals surface area contributed by atoms with Crippen LogP contribution in [0.3, 0.4) is 0 Å². The van der Waals surface area contributed by atoms with Gasteiger partial charge in [-0.05, 0) is 19.3 Å². The average Bonchev–Trinajstić information content (AvgIpc) is 3.24. The maximum atomic E-state index is 13.1. The number of nitrogens with zero attached hydrogens (tertiary/aromatic N) is 5. The van der Waals surface area contributed by atoms with Gasteiger partial charge in [0.15, 0.2) is 24.1 Å². The molecule has 2 fully saturated rings. The van der Waals surface area contributed by atoms with Gasteiger partial charge in [-0.2, -0.15) is 9.36 Å². The summed E-state index contributed by atoms with van der Waals surface area (Å²) in [7, 11) is 0. The number of nitrogens with two attached hydrogens (primary N) is 1. The van der Waals surface area contributed by atoms with Crippen LogP contribution in [0.15, 0.2) is 47.0 Å². The summed E-state index contributed by atoms with van der Waals surface area (Å²) in [5, 5.41) is 16.1. The molecule has 2 amide bonds. The van der Waals surface area contributed by atoms with Crippen LogP contribution < -0.4 is 15.6 Å². The fourth-order valence-corrected chi connectivity index (χ4v) is 5.66. The lowest BCUT2D eigenvalue weighted by Gasteiger charge is -2.49. The summed E-state index contributed by atoms with van der Waals surface area (Å²) >= 11 is 2.31. The molecule has 3 aliphatic rings. The zero-order valence-electron chi connectivity index (χ0n) is 18.4. The van der Waals surface area contributed by atoms with Crippen LogP contribution >= 0.6 is 23.3 Å². The number of carbonyl (C=O) groups excluding carboxylic acids is 2.